The largest absolute Gasteiger partial charge is 0.298 e. The van der Waals surface area contributed by atoms with Crippen LogP contribution in [0.2, 0.25) is 0 Å². The maximum atomic E-state index is 13.5. The minimum absolute atomic E-state index is 0.114. The van der Waals surface area contributed by atoms with Crippen molar-refractivity contribution in [3.63, 3.8) is 0 Å². The number of thioether (sulfide) groups is 1. The summed E-state index contributed by atoms with van der Waals surface area (Å²) in [6.07, 6.45) is 2.12. The highest BCUT2D eigenvalue weighted by atomic mass is 32.2. The average Bonchev–Trinajstić information content (AvgIpc) is 2.98. The number of hydrogen-bond acceptors (Lipinski definition) is 4. The second-order valence-electron chi connectivity index (χ2n) is 7.45. The number of hydrogen-bond donors (Lipinski definition) is 0. The molecule has 4 nitrogen and oxygen atoms in total. The van der Waals surface area contributed by atoms with Gasteiger partial charge in [0.25, 0.3) is 11.8 Å². The number of benzene rings is 1. The molecule has 0 aromatic heterocycles. The van der Waals surface area contributed by atoms with Gasteiger partial charge in [0.15, 0.2) is 0 Å². The molecular weight excluding hydrogens is 364 g/mol. The van der Waals surface area contributed by atoms with E-state index in [4.69, 9.17) is 12.2 Å². The normalized spacial score (nSPS) is 23.7. The summed E-state index contributed by atoms with van der Waals surface area (Å²) in [6.45, 7) is 10.6. The molecule has 1 saturated heterocycles. The van der Waals surface area contributed by atoms with Gasteiger partial charge in [-0.2, -0.15) is 0 Å². The van der Waals surface area contributed by atoms with E-state index in [1.54, 1.807) is 4.90 Å². The van der Waals surface area contributed by atoms with E-state index >= 15 is 0 Å². The fraction of sp³-hybridized carbons (Fsp3) is 0.350. The summed E-state index contributed by atoms with van der Waals surface area (Å²) in [6, 6.07) is 4.12. The smallest absolute Gasteiger partial charge is 0.266 e. The van der Waals surface area contributed by atoms with Gasteiger partial charge >= 0.3 is 0 Å². The zero-order valence-electron chi connectivity index (χ0n) is 15.5. The Morgan fingerprint density at radius 2 is 1.77 bits per heavy atom. The Kier molecular flexibility index (Phi) is 3.72. The predicted molar refractivity (Wildman–Crippen MR) is 111 cm³/mol. The summed E-state index contributed by atoms with van der Waals surface area (Å²) in [7, 11) is 0. The van der Waals surface area contributed by atoms with E-state index in [1.807, 2.05) is 38.7 Å². The molecule has 0 N–H and O–H groups in total. The quantitative estimate of drug-likeness (QED) is 0.539. The van der Waals surface area contributed by atoms with E-state index in [0.29, 0.717) is 21.3 Å². The first-order chi connectivity index (χ1) is 12.2. The van der Waals surface area contributed by atoms with Gasteiger partial charge in [-0.3, -0.25) is 19.4 Å². The van der Waals surface area contributed by atoms with Gasteiger partial charge in [-0.1, -0.05) is 30.1 Å². The minimum atomic E-state index is -0.447. The standard InChI is InChI=1S/C20H20N2O2S2/c1-6-21-18(24)16(26-19(21)25)14-13-8-10(2)7-12-11(3)9-20(4,5)22(15(12)13)17(14)23/h7-9H,6H2,1-5H3/b16-14-. The zero-order valence-corrected chi connectivity index (χ0v) is 17.1. The first-order valence-corrected chi connectivity index (χ1v) is 9.87. The summed E-state index contributed by atoms with van der Waals surface area (Å²) in [5, 5.41) is 0. The molecule has 1 aromatic rings. The van der Waals surface area contributed by atoms with E-state index in [-0.39, 0.29) is 11.8 Å². The summed E-state index contributed by atoms with van der Waals surface area (Å²) < 4.78 is 0.518. The third-order valence-electron chi connectivity index (χ3n) is 5.13. The highest BCUT2D eigenvalue weighted by molar-refractivity contribution is 8.26. The van der Waals surface area contributed by atoms with Crippen molar-refractivity contribution < 1.29 is 9.59 Å². The first-order valence-electron chi connectivity index (χ1n) is 8.64. The summed E-state index contributed by atoms with van der Waals surface area (Å²) in [5.74, 6) is -0.277. The fourth-order valence-electron chi connectivity index (χ4n) is 4.10. The SMILES string of the molecule is CCN1C(=O)/C(=C2/C(=O)N3c4c(cc(C)cc42)C(C)=CC3(C)C)SC1=S. The molecule has 4 rings (SSSR count). The monoisotopic (exact) mass is 384 g/mol. The molecule has 0 aliphatic carbocycles. The molecule has 0 bridgehead atoms. The van der Waals surface area contributed by atoms with Crippen LogP contribution in [-0.2, 0) is 9.59 Å². The Bertz CT molecular complexity index is 972. The second-order valence-corrected chi connectivity index (χ2v) is 9.10. The summed E-state index contributed by atoms with van der Waals surface area (Å²) >= 11 is 6.59. The van der Waals surface area contributed by atoms with Gasteiger partial charge < -0.3 is 0 Å². The van der Waals surface area contributed by atoms with Crippen molar-refractivity contribution >= 4 is 56.9 Å². The van der Waals surface area contributed by atoms with Crippen molar-refractivity contribution in [2.75, 3.05) is 11.4 Å². The van der Waals surface area contributed by atoms with Crippen molar-refractivity contribution in [1.29, 1.82) is 0 Å². The number of allylic oxidation sites excluding steroid dienone is 1. The lowest BCUT2D eigenvalue weighted by Crippen LogP contribution is -2.46. The van der Waals surface area contributed by atoms with Crippen molar-refractivity contribution in [2.45, 2.75) is 40.2 Å². The van der Waals surface area contributed by atoms with Crippen molar-refractivity contribution in [2.24, 2.45) is 0 Å². The van der Waals surface area contributed by atoms with Gasteiger partial charge in [0.2, 0.25) is 0 Å². The van der Waals surface area contributed by atoms with Crippen LogP contribution in [0.3, 0.4) is 0 Å². The molecule has 3 heterocycles. The van der Waals surface area contributed by atoms with Gasteiger partial charge in [0.05, 0.1) is 21.7 Å². The first kappa shape index (κ1) is 17.5. The summed E-state index contributed by atoms with van der Waals surface area (Å²) in [4.78, 5) is 30.2. The average molecular weight is 385 g/mol. The van der Waals surface area contributed by atoms with Crippen LogP contribution in [-0.4, -0.2) is 33.1 Å². The number of anilines is 1. The molecule has 0 spiro atoms. The third-order valence-corrected chi connectivity index (χ3v) is 6.58. The number of likely N-dealkylation sites (N-methyl/N-ethyl adjacent to an activating group) is 1. The van der Waals surface area contributed by atoms with Crippen LogP contribution in [0.4, 0.5) is 5.69 Å². The molecule has 134 valence electrons. The van der Waals surface area contributed by atoms with Crippen molar-refractivity contribution in [1.82, 2.24) is 4.90 Å². The van der Waals surface area contributed by atoms with Gasteiger partial charge in [-0.15, -0.1) is 0 Å². The number of carbonyl (C=O) groups is 2. The molecular formula is C20H20N2O2S2. The number of carbonyl (C=O) groups excluding carboxylic acids is 2. The maximum absolute atomic E-state index is 13.5. The van der Waals surface area contributed by atoms with E-state index < -0.39 is 5.54 Å². The van der Waals surface area contributed by atoms with Crippen LogP contribution < -0.4 is 4.90 Å². The number of amides is 2. The molecule has 0 unspecified atom stereocenters. The van der Waals surface area contributed by atoms with E-state index in [2.05, 4.69) is 19.1 Å². The lowest BCUT2D eigenvalue weighted by Gasteiger charge is -2.38. The van der Waals surface area contributed by atoms with Crippen LogP contribution in [0.1, 0.15) is 44.4 Å². The predicted octanol–water partition coefficient (Wildman–Crippen LogP) is 4.13. The highest BCUT2D eigenvalue weighted by Crippen LogP contribution is 2.52. The topological polar surface area (TPSA) is 40.6 Å². The van der Waals surface area contributed by atoms with Gasteiger partial charge in [0.1, 0.15) is 4.32 Å². The van der Waals surface area contributed by atoms with Crippen LogP contribution in [0.15, 0.2) is 23.1 Å². The Hall–Kier alpha value is -1.92. The molecule has 1 fully saturated rings. The number of nitrogens with zero attached hydrogens (tertiary/aromatic N) is 2. The van der Waals surface area contributed by atoms with Crippen LogP contribution in [0.5, 0.6) is 0 Å². The molecule has 3 aliphatic heterocycles. The molecule has 0 radical (unpaired) electrons. The van der Waals surface area contributed by atoms with Gasteiger partial charge in [-0.05, 0) is 57.9 Å². The Labute approximate surface area is 162 Å². The molecule has 2 amide bonds. The zero-order chi connectivity index (χ0) is 19.0. The molecule has 26 heavy (non-hydrogen) atoms. The number of rotatable bonds is 1. The van der Waals surface area contributed by atoms with Gasteiger partial charge in [0, 0.05) is 17.7 Å². The minimum Gasteiger partial charge on any atom is -0.298 e. The fourth-order valence-corrected chi connectivity index (χ4v) is 5.56. The highest BCUT2D eigenvalue weighted by Gasteiger charge is 2.48. The lowest BCUT2D eigenvalue weighted by atomic mass is 9.88. The molecule has 6 heteroatoms. The third kappa shape index (κ3) is 2.18. The summed E-state index contributed by atoms with van der Waals surface area (Å²) in [5.41, 5.74) is 5.11. The molecule has 1 aromatic carbocycles. The van der Waals surface area contributed by atoms with E-state index in [9.17, 15) is 9.59 Å². The Morgan fingerprint density at radius 1 is 1.12 bits per heavy atom. The number of thiocarbonyl (C=S) groups is 1. The van der Waals surface area contributed by atoms with E-state index in [1.165, 1.54) is 11.8 Å². The van der Waals surface area contributed by atoms with E-state index in [0.717, 1.165) is 28.0 Å². The Morgan fingerprint density at radius 3 is 2.38 bits per heavy atom. The van der Waals surface area contributed by atoms with Crippen molar-refractivity contribution in [3.8, 4) is 0 Å². The number of aryl methyl sites for hydroxylation is 1. The Balaban J connectivity index is 2.04. The van der Waals surface area contributed by atoms with Gasteiger partial charge in [-0.25, -0.2) is 0 Å². The van der Waals surface area contributed by atoms with Crippen LogP contribution in [0, 0.1) is 6.92 Å². The molecule has 0 atom stereocenters. The molecule has 0 saturated carbocycles. The van der Waals surface area contributed by atoms with Crippen molar-refractivity contribution in [3.05, 3.63) is 39.8 Å². The molecule has 3 aliphatic rings. The lowest BCUT2D eigenvalue weighted by molar-refractivity contribution is -0.122. The maximum Gasteiger partial charge on any atom is 0.266 e. The van der Waals surface area contributed by atoms with Crippen LogP contribution >= 0.6 is 24.0 Å². The van der Waals surface area contributed by atoms with Crippen LogP contribution in [0.25, 0.3) is 11.1 Å². The second kappa shape index (κ2) is 5.54.